The highest BCUT2D eigenvalue weighted by Gasteiger charge is 2.20. The van der Waals surface area contributed by atoms with Crippen molar-refractivity contribution in [1.82, 2.24) is 9.62 Å². The number of aliphatic hydroxyl groups excluding tert-OH is 1. The van der Waals surface area contributed by atoms with E-state index in [1.54, 1.807) is 6.07 Å². The Morgan fingerprint density at radius 2 is 2.17 bits per heavy atom. The molecule has 1 aromatic heterocycles. The van der Waals surface area contributed by atoms with Crippen molar-refractivity contribution in [2.75, 3.05) is 32.8 Å². The van der Waals surface area contributed by atoms with Crippen molar-refractivity contribution in [2.45, 2.75) is 23.5 Å². The van der Waals surface area contributed by atoms with E-state index < -0.39 is 10.0 Å². The lowest BCUT2D eigenvalue weighted by Gasteiger charge is -2.31. The van der Waals surface area contributed by atoms with Crippen LogP contribution < -0.4 is 4.72 Å². The van der Waals surface area contributed by atoms with E-state index in [1.165, 1.54) is 11.3 Å². The molecule has 0 unspecified atom stereocenters. The van der Waals surface area contributed by atoms with Crippen molar-refractivity contribution in [2.24, 2.45) is 5.92 Å². The Balaban J connectivity index is 1.50. The van der Waals surface area contributed by atoms with E-state index in [2.05, 4.69) is 9.62 Å². The molecule has 132 valence electrons. The van der Waals surface area contributed by atoms with Crippen molar-refractivity contribution >= 4 is 31.4 Å². The smallest absolute Gasteiger partial charge is 0.250 e. The van der Waals surface area contributed by atoms with E-state index in [4.69, 9.17) is 0 Å². The number of fused-ring (bicyclic) bond motifs is 1. The molecule has 2 heterocycles. The van der Waals surface area contributed by atoms with Crippen LogP contribution in [0, 0.1) is 5.92 Å². The van der Waals surface area contributed by atoms with Crippen LogP contribution in [0.5, 0.6) is 0 Å². The Labute approximate surface area is 147 Å². The Morgan fingerprint density at radius 1 is 1.33 bits per heavy atom. The minimum atomic E-state index is -3.43. The van der Waals surface area contributed by atoms with Crippen LogP contribution in [-0.2, 0) is 10.0 Å². The van der Waals surface area contributed by atoms with Crippen LogP contribution in [0.4, 0.5) is 0 Å². The number of benzene rings is 1. The standard InChI is InChI=1S/C17H24N2O3S2/c20-13-14-5-3-9-19(12-14)10-4-8-18-24(21,22)17-11-15-6-1-2-7-16(15)23-17/h1-2,6-7,11,14,18,20H,3-5,8-10,12-13H2/t14-/m1/s1. The Morgan fingerprint density at radius 3 is 2.96 bits per heavy atom. The summed E-state index contributed by atoms with van der Waals surface area (Å²) in [6.45, 7) is 3.51. The highest BCUT2D eigenvalue weighted by Crippen LogP contribution is 2.28. The van der Waals surface area contributed by atoms with Gasteiger partial charge in [0.05, 0.1) is 0 Å². The van der Waals surface area contributed by atoms with Crippen LogP contribution in [0.1, 0.15) is 19.3 Å². The van der Waals surface area contributed by atoms with Gasteiger partial charge in [0.25, 0.3) is 0 Å². The molecule has 7 heteroatoms. The third-order valence-corrected chi connectivity index (χ3v) is 7.52. The van der Waals surface area contributed by atoms with Gasteiger partial charge in [-0.1, -0.05) is 18.2 Å². The molecule has 0 amide bonds. The van der Waals surface area contributed by atoms with Gasteiger partial charge in [0, 0.05) is 24.4 Å². The zero-order chi connectivity index (χ0) is 17.0. The molecule has 3 rings (SSSR count). The van der Waals surface area contributed by atoms with Gasteiger partial charge >= 0.3 is 0 Å². The van der Waals surface area contributed by atoms with Crippen LogP contribution in [-0.4, -0.2) is 51.2 Å². The molecule has 5 nitrogen and oxygen atoms in total. The highest BCUT2D eigenvalue weighted by atomic mass is 32.2. The summed E-state index contributed by atoms with van der Waals surface area (Å²) >= 11 is 1.30. The summed E-state index contributed by atoms with van der Waals surface area (Å²) in [6, 6.07) is 9.43. The van der Waals surface area contributed by atoms with Crippen LogP contribution in [0.15, 0.2) is 34.5 Å². The van der Waals surface area contributed by atoms with Crippen molar-refractivity contribution in [1.29, 1.82) is 0 Å². The maximum absolute atomic E-state index is 12.4. The predicted octanol–water partition coefficient (Wildman–Crippen LogP) is 2.27. The summed E-state index contributed by atoms with van der Waals surface area (Å²) < 4.78 is 28.9. The van der Waals surface area contributed by atoms with Gasteiger partial charge < -0.3 is 10.0 Å². The number of nitrogens with zero attached hydrogens (tertiary/aromatic N) is 1. The van der Waals surface area contributed by atoms with Gasteiger partial charge in [0.2, 0.25) is 10.0 Å². The second-order valence-electron chi connectivity index (χ2n) is 6.35. The fourth-order valence-corrected chi connectivity index (χ4v) is 5.69. The number of rotatable bonds is 7. The summed E-state index contributed by atoms with van der Waals surface area (Å²) in [4.78, 5) is 2.32. The molecule has 24 heavy (non-hydrogen) atoms. The van der Waals surface area contributed by atoms with E-state index in [1.807, 2.05) is 24.3 Å². The molecule has 0 radical (unpaired) electrons. The van der Waals surface area contributed by atoms with Gasteiger partial charge in [-0.2, -0.15) is 0 Å². The second-order valence-corrected chi connectivity index (χ2v) is 9.42. The van der Waals surface area contributed by atoms with Crippen molar-refractivity contribution in [3.63, 3.8) is 0 Å². The molecular formula is C17H24N2O3S2. The normalized spacial score (nSPS) is 19.8. The summed E-state index contributed by atoms with van der Waals surface area (Å²) in [7, 11) is -3.43. The molecule has 1 saturated heterocycles. The molecule has 2 N–H and O–H groups in total. The zero-order valence-corrected chi connectivity index (χ0v) is 15.3. The number of sulfonamides is 1. The first-order chi connectivity index (χ1) is 11.6. The van der Waals surface area contributed by atoms with Gasteiger partial charge in [-0.25, -0.2) is 13.1 Å². The molecule has 1 fully saturated rings. The van der Waals surface area contributed by atoms with Gasteiger partial charge in [0.1, 0.15) is 4.21 Å². The molecule has 2 aromatic rings. The Bertz CT molecular complexity index is 740. The number of nitrogens with one attached hydrogen (secondary N) is 1. The molecule has 1 aliphatic heterocycles. The predicted molar refractivity (Wildman–Crippen MR) is 97.9 cm³/mol. The fraction of sp³-hybridized carbons (Fsp3) is 0.529. The summed E-state index contributed by atoms with van der Waals surface area (Å²) in [5.41, 5.74) is 0. The zero-order valence-electron chi connectivity index (χ0n) is 13.6. The maximum Gasteiger partial charge on any atom is 0.250 e. The molecule has 0 bridgehead atoms. The third-order valence-electron chi connectivity index (χ3n) is 4.47. The van der Waals surface area contributed by atoms with E-state index in [0.29, 0.717) is 16.7 Å². The maximum atomic E-state index is 12.4. The summed E-state index contributed by atoms with van der Waals surface area (Å²) in [6.07, 6.45) is 2.98. The number of aliphatic hydroxyl groups is 1. The minimum Gasteiger partial charge on any atom is -0.396 e. The number of hydrogen-bond donors (Lipinski definition) is 2. The number of likely N-dealkylation sites (tertiary alicyclic amines) is 1. The van der Waals surface area contributed by atoms with Crippen LogP contribution in [0.2, 0.25) is 0 Å². The van der Waals surface area contributed by atoms with Gasteiger partial charge in [-0.3, -0.25) is 0 Å². The Hall–Kier alpha value is -0.990. The van der Waals surface area contributed by atoms with Gasteiger partial charge in [0.15, 0.2) is 0 Å². The van der Waals surface area contributed by atoms with Crippen molar-refractivity contribution in [3.8, 4) is 0 Å². The molecule has 1 aliphatic rings. The molecule has 1 aromatic carbocycles. The van der Waals surface area contributed by atoms with Crippen LogP contribution in [0.25, 0.3) is 10.1 Å². The van der Waals surface area contributed by atoms with Crippen molar-refractivity contribution < 1.29 is 13.5 Å². The topological polar surface area (TPSA) is 69.6 Å². The van der Waals surface area contributed by atoms with Crippen LogP contribution in [0.3, 0.4) is 0 Å². The lowest BCUT2D eigenvalue weighted by Crippen LogP contribution is -2.38. The fourth-order valence-electron chi connectivity index (χ4n) is 3.17. The number of thiophene rings is 1. The first-order valence-corrected chi connectivity index (χ1v) is 10.7. The first kappa shape index (κ1) is 17.8. The van der Waals surface area contributed by atoms with Gasteiger partial charge in [-0.15, -0.1) is 11.3 Å². The number of piperidine rings is 1. The largest absolute Gasteiger partial charge is 0.396 e. The molecule has 0 spiro atoms. The summed E-state index contributed by atoms with van der Waals surface area (Å²) in [5.74, 6) is 0.369. The Kier molecular flexibility index (Phi) is 5.89. The average molecular weight is 369 g/mol. The SMILES string of the molecule is O=S(=O)(NCCCN1CCC[C@@H](CO)C1)c1cc2ccccc2s1. The second kappa shape index (κ2) is 7.93. The van der Waals surface area contributed by atoms with Crippen molar-refractivity contribution in [3.05, 3.63) is 30.3 Å². The van der Waals surface area contributed by atoms with E-state index in [-0.39, 0.29) is 6.61 Å². The number of hydrogen-bond acceptors (Lipinski definition) is 5. The molecule has 1 atom stereocenters. The lowest BCUT2D eigenvalue weighted by molar-refractivity contribution is 0.120. The molecule has 0 saturated carbocycles. The monoisotopic (exact) mass is 368 g/mol. The molecular weight excluding hydrogens is 344 g/mol. The molecule has 0 aliphatic carbocycles. The first-order valence-electron chi connectivity index (χ1n) is 8.40. The summed E-state index contributed by atoms with van der Waals surface area (Å²) in [5, 5.41) is 10.2. The van der Waals surface area contributed by atoms with Gasteiger partial charge in [-0.05, 0) is 55.8 Å². The highest BCUT2D eigenvalue weighted by molar-refractivity contribution is 7.91. The van der Waals surface area contributed by atoms with E-state index >= 15 is 0 Å². The van der Waals surface area contributed by atoms with E-state index in [0.717, 1.165) is 49.0 Å². The minimum absolute atomic E-state index is 0.245. The van der Waals surface area contributed by atoms with Crippen LogP contribution >= 0.6 is 11.3 Å². The average Bonchev–Trinajstić information content (AvgIpc) is 3.04. The lowest BCUT2D eigenvalue weighted by atomic mass is 9.99. The quantitative estimate of drug-likeness (QED) is 0.736. The third kappa shape index (κ3) is 4.34. The van der Waals surface area contributed by atoms with E-state index in [9.17, 15) is 13.5 Å².